The number of aromatic nitrogens is 2. The maximum atomic E-state index is 12.9. The van der Waals surface area contributed by atoms with Gasteiger partial charge in [-0.05, 0) is 37.5 Å². The van der Waals surface area contributed by atoms with E-state index in [1.165, 1.54) is 16.9 Å². The van der Waals surface area contributed by atoms with Crippen molar-refractivity contribution in [3.63, 3.8) is 0 Å². The molecule has 0 spiro atoms. The number of hydrogen-bond acceptors (Lipinski definition) is 9. The largest absolute Gasteiger partial charge is 0.393 e. The van der Waals surface area contributed by atoms with Gasteiger partial charge in [0, 0.05) is 74.4 Å². The molecule has 15 heteroatoms. The van der Waals surface area contributed by atoms with Gasteiger partial charge in [-0.2, -0.15) is 27.3 Å². The number of nitrogens with zero attached hydrogens (tertiary/aromatic N) is 7. The van der Waals surface area contributed by atoms with E-state index in [2.05, 4.69) is 54.1 Å². The zero-order valence-corrected chi connectivity index (χ0v) is 26.6. The molecular formula is C30H36F3N8O2S2+. The van der Waals surface area contributed by atoms with E-state index in [0.717, 1.165) is 67.9 Å². The molecule has 2 aromatic heterocycles. The van der Waals surface area contributed by atoms with E-state index >= 15 is 0 Å². The second-order valence-electron chi connectivity index (χ2n) is 12.0. The van der Waals surface area contributed by atoms with Crippen LogP contribution in [0.4, 0.5) is 19.0 Å². The van der Waals surface area contributed by atoms with Crippen molar-refractivity contribution >= 4 is 43.6 Å². The number of sulfonamides is 1. The number of piperidine rings is 1. The molecule has 0 radical (unpaired) electrons. The fourth-order valence-corrected chi connectivity index (χ4v) is 8.32. The van der Waals surface area contributed by atoms with Gasteiger partial charge in [0.05, 0.1) is 18.1 Å². The van der Waals surface area contributed by atoms with Gasteiger partial charge in [0.1, 0.15) is 28.6 Å². The van der Waals surface area contributed by atoms with Gasteiger partial charge in [-0.3, -0.25) is 4.90 Å². The quantitative estimate of drug-likeness (QED) is 0.408. The summed E-state index contributed by atoms with van der Waals surface area (Å²) in [4.78, 5) is 13.9. The van der Waals surface area contributed by atoms with Crippen LogP contribution in [0, 0.1) is 11.3 Å². The number of allylic oxidation sites excluding steroid dienone is 1. The van der Waals surface area contributed by atoms with Crippen molar-refractivity contribution in [1.29, 1.82) is 5.26 Å². The first-order chi connectivity index (χ1) is 21.4. The highest BCUT2D eigenvalue weighted by Crippen LogP contribution is 2.33. The SMILES string of the molecule is CS(=O)(=O)N1CCN(CCC2=C(C#N)C=[N+]3C=C(CN4CCC(Nc5ncnc6sc(CC(F)(F)F)cc56)CC4)C=CC23)CC1. The first-order valence-electron chi connectivity index (χ1n) is 15.1. The Labute approximate surface area is 264 Å². The van der Waals surface area contributed by atoms with Crippen molar-refractivity contribution in [3.05, 3.63) is 52.3 Å². The lowest BCUT2D eigenvalue weighted by Gasteiger charge is -2.33. The fourth-order valence-electron chi connectivity index (χ4n) is 6.47. The van der Waals surface area contributed by atoms with Crippen LogP contribution in [0.5, 0.6) is 0 Å². The summed E-state index contributed by atoms with van der Waals surface area (Å²) in [7, 11) is -3.16. The Hall–Kier alpha value is -3.16. The number of nitrogens with one attached hydrogen (secondary N) is 1. The van der Waals surface area contributed by atoms with E-state index < -0.39 is 22.6 Å². The number of likely N-dealkylation sites (tertiary alicyclic amines) is 1. The average Bonchev–Trinajstić information content (AvgIpc) is 3.56. The minimum absolute atomic E-state index is 0.0223. The highest BCUT2D eigenvalue weighted by Gasteiger charge is 2.35. The molecule has 4 aliphatic rings. The molecule has 4 aliphatic heterocycles. The van der Waals surface area contributed by atoms with E-state index in [1.807, 2.05) is 6.21 Å². The third-order valence-electron chi connectivity index (χ3n) is 8.82. The normalized spacial score (nSPS) is 22.4. The minimum Gasteiger partial charge on any atom is -0.367 e. The summed E-state index contributed by atoms with van der Waals surface area (Å²) in [6.07, 6.45) is 8.29. The molecule has 6 heterocycles. The maximum absolute atomic E-state index is 12.9. The summed E-state index contributed by atoms with van der Waals surface area (Å²) in [5, 5.41) is 13.9. The minimum atomic E-state index is -4.26. The number of rotatable bonds is 9. The second kappa shape index (κ2) is 12.9. The summed E-state index contributed by atoms with van der Waals surface area (Å²) in [6, 6.07) is 4.10. The maximum Gasteiger partial charge on any atom is 0.393 e. The summed E-state index contributed by atoms with van der Waals surface area (Å²) < 4.78 is 66.0. The number of nitriles is 1. The van der Waals surface area contributed by atoms with Gasteiger partial charge in [-0.25, -0.2) is 18.4 Å². The summed E-state index contributed by atoms with van der Waals surface area (Å²) >= 11 is 1.06. The number of anilines is 1. The molecule has 6 rings (SSSR count). The molecule has 2 aromatic rings. The van der Waals surface area contributed by atoms with Crippen molar-refractivity contribution in [2.24, 2.45) is 0 Å². The Morgan fingerprint density at radius 2 is 1.89 bits per heavy atom. The zero-order chi connectivity index (χ0) is 31.8. The Bertz CT molecular complexity index is 1710. The smallest absolute Gasteiger partial charge is 0.367 e. The van der Waals surface area contributed by atoms with Gasteiger partial charge in [0.15, 0.2) is 18.5 Å². The lowest BCUT2D eigenvalue weighted by molar-refractivity contribution is -0.470. The number of fused-ring (bicyclic) bond motifs is 2. The fraction of sp³-hybridized carbons (Fsp3) is 0.533. The van der Waals surface area contributed by atoms with Crippen LogP contribution in [0.25, 0.3) is 10.2 Å². The predicted molar refractivity (Wildman–Crippen MR) is 168 cm³/mol. The molecule has 10 nitrogen and oxygen atoms in total. The Kier molecular flexibility index (Phi) is 9.13. The van der Waals surface area contributed by atoms with Crippen LogP contribution in [0.2, 0.25) is 0 Å². The van der Waals surface area contributed by atoms with Gasteiger partial charge >= 0.3 is 6.18 Å². The summed E-state index contributed by atoms with van der Waals surface area (Å²) in [6.45, 7) is 5.67. The van der Waals surface area contributed by atoms with Crippen molar-refractivity contribution < 1.29 is 26.2 Å². The molecule has 0 aliphatic carbocycles. The lowest BCUT2D eigenvalue weighted by Crippen LogP contribution is -2.48. The molecule has 0 amide bonds. The molecule has 45 heavy (non-hydrogen) atoms. The summed E-state index contributed by atoms with van der Waals surface area (Å²) in [5.74, 6) is 0.587. The molecule has 0 aromatic carbocycles. The summed E-state index contributed by atoms with van der Waals surface area (Å²) in [5.41, 5.74) is 2.95. The molecule has 2 fully saturated rings. The molecule has 2 saturated heterocycles. The monoisotopic (exact) mass is 661 g/mol. The van der Waals surface area contributed by atoms with E-state index in [4.69, 9.17) is 0 Å². The Morgan fingerprint density at radius 3 is 2.58 bits per heavy atom. The van der Waals surface area contributed by atoms with Gasteiger partial charge in [0.25, 0.3) is 0 Å². The van der Waals surface area contributed by atoms with Crippen LogP contribution in [-0.2, 0) is 16.4 Å². The highest BCUT2D eigenvalue weighted by atomic mass is 32.2. The number of alkyl halides is 3. The molecule has 1 unspecified atom stereocenters. The first kappa shape index (κ1) is 31.8. The standard InChI is InChI=1S/C30H36F3N8O2S2/c1-45(42,43)41-12-10-38(11-13-41)9-6-25-22(16-34)19-40-18-21(2-3-27(25)40)17-39-7-4-23(5-8-39)37-28-26-14-24(15-30(31,32)33)44-29(26)36-20-35-28/h2-3,14,18-20,23,27H,4-13,15,17H2,1H3,(H,35,36,37)/q+1. The second-order valence-corrected chi connectivity index (χ2v) is 15.1. The Morgan fingerprint density at radius 1 is 1.13 bits per heavy atom. The molecule has 1 N–H and O–H groups in total. The van der Waals surface area contributed by atoms with Gasteiger partial charge in [0.2, 0.25) is 10.0 Å². The molecule has 240 valence electrons. The van der Waals surface area contributed by atoms with Crippen LogP contribution in [-0.4, -0.2) is 120 Å². The van der Waals surface area contributed by atoms with Crippen molar-refractivity contribution in [1.82, 2.24) is 24.1 Å². The van der Waals surface area contributed by atoms with Crippen LogP contribution >= 0.6 is 11.3 Å². The van der Waals surface area contributed by atoms with E-state index in [9.17, 15) is 26.9 Å². The molecular weight excluding hydrogens is 626 g/mol. The predicted octanol–water partition coefficient (Wildman–Crippen LogP) is 3.38. The Balaban J connectivity index is 0.995. The third kappa shape index (κ3) is 7.63. The molecule has 1 atom stereocenters. The number of thiophene rings is 1. The van der Waals surface area contributed by atoms with Crippen molar-refractivity contribution in [2.75, 3.05) is 63.9 Å². The number of hydrogen-bond donors (Lipinski definition) is 1. The zero-order valence-electron chi connectivity index (χ0n) is 25.0. The van der Waals surface area contributed by atoms with Crippen LogP contribution < -0.4 is 5.32 Å². The van der Waals surface area contributed by atoms with Crippen molar-refractivity contribution in [2.45, 2.75) is 43.9 Å². The highest BCUT2D eigenvalue weighted by molar-refractivity contribution is 7.88. The molecule has 0 saturated carbocycles. The van der Waals surface area contributed by atoms with Gasteiger partial charge < -0.3 is 10.2 Å². The molecule has 0 bridgehead atoms. The van der Waals surface area contributed by atoms with E-state index in [-0.39, 0.29) is 17.0 Å². The average molecular weight is 662 g/mol. The topological polar surface area (TPSA) is 108 Å². The van der Waals surface area contributed by atoms with Crippen LogP contribution in [0.3, 0.4) is 0 Å². The van der Waals surface area contributed by atoms with Gasteiger partial charge in [-0.15, -0.1) is 11.3 Å². The van der Waals surface area contributed by atoms with Crippen LogP contribution in [0.15, 0.2) is 47.5 Å². The van der Waals surface area contributed by atoms with Crippen LogP contribution in [0.1, 0.15) is 24.1 Å². The van der Waals surface area contributed by atoms with Crippen molar-refractivity contribution in [3.8, 4) is 6.07 Å². The first-order valence-corrected chi connectivity index (χ1v) is 17.7. The third-order valence-corrected chi connectivity index (χ3v) is 11.2. The van der Waals surface area contributed by atoms with E-state index in [0.29, 0.717) is 47.8 Å². The lowest BCUT2D eigenvalue weighted by atomic mass is 9.97. The number of halogens is 3. The number of piperazine rings is 1. The van der Waals surface area contributed by atoms with E-state index in [1.54, 1.807) is 6.07 Å². The van der Waals surface area contributed by atoms with Gasteiger partial charge in [-0.1, -0.05) is 0 Å².